The van der Waals surface area contributed by atoms with E-state index in [4.69, 9.17) is 4.74 Å². The van der Waals surface area contributed by atoms with Gasteiger partial charge in [-0.05, 0) is 13.3 Å². The number of pyridine rings is 2. The van der Waals surface area contributed by atoms with Crippen LogP contribution in [0.4, 0.5) is 5.69 Å². The molecule has 2 aromatic heterocycles. The summed E-state index contributed by atoms with van der Waals surface area (Å²) in [5, 5.41) is 10.9. The maximum absolute atomic E-state index is 12.1. The first kappa shape index (κ1) is 16.5. The summed E-state index contributed by atoms with van der Waals surface area (Å²) in [7, 11) is 0. The van der Waals surface area contributed by atoms with Crippen LogP contribution in [0.5, 0.6) is 5.75 Å². The number of aromatic amines is 1. The van der Waals surface area contributed by atoms with Gasteiger partial charge in [-0.25, -0.2) is 0 Å². The lowest BCUT2D eigenvalue weighted by molar-refractivity contribution is -0.385. The zero-order chi connectivity index (χ0) is 17.0. The molecule has 0 aromatic carbocycles. The second kappa shape index (κ2) is 6.91. The van der Waals surface area contributed by atoms with Crippen molar-refractivity contribution in [2.75, 3.05) is 6.61 Å². The molecule has 0 aliphatic heterocycles. The van der Waals surface area contributed by atoms with E-state index in [-0.39, 0.29) is 34.5 Å². The molecule has 0 spiro atoms. The lowest BCUT2D eigenvalue weighted by atomic mass is 10.2. The van der Waals surface area contributed by atoms with Crippen molar-refractivity contribution >= 4 is 5.69 Å². The number of rotatable bonds is 6. The number of aryl methyl sites for hydroxylation is 1. The summed E-state index contributed by atoms with van der Waals surface area (Å²) >= 11 is 0. The third kappa shape index (κ3) is 3.85. The number of ether oxygens (including phenoxy) is 1. The molecule has 2 heterocycles. The number of hydrogen-bond acceptors (Lipinski definition) is 5. The quantitative estimate of drug-likeness (QED) is 0.642. The predicted molar refractivity (Wildman–Crippen MR) is 84.0 cm³/mol. The van der Waals surface area contributed by atoms with Crippen molar-refractivity contribution in [1.82, 2.24) is 9.55 Å². The van der Waals surface area contributed by atoms with Crippen LogP contribution in [0.2, 0.25) is 0 Å². The molecule has 2 rings (SSSR count). The monoisotopic (exact) mass is 319 g/mol. The molecule has 122 valence electrons. The predicted octanol–water partition coefficient (Wildman–Crippen LogP) is 1.59. The van der Waals surface area contributed by atoms with E-state index in [1.54, 1.807) is 0 Å². The van der Waals surface area contributed by atoms with E-state index in [0.29, 0.717) is 12.3 Å². The molecule has 8 nitrogen and oxygen atoms in total. The highest BCUT2D eigenvalue weighted by Crippen LogP contribution is 2.11. The van der Waals surface area contributed by atoms with Crippen LogP contribution < -0.4 is 15.7 Å². The maximum atomic E-state index is 12.1. The summed E-state index contributed by atoms with van der Waals surface area (Å²) < 4.78 is 6.48. The Labute approximate surface area is 131 Å². The Balaban J connectivity index is 2.32. The standard InChI is InChI=1S/C15H17N3O5/c1-3-4-23-14-7-16-11(6-13(14)19)8-17-9-12(18(21)22)5-10(2)15(17)20/h5-7,9H,3-4,8H2,1-2H3,(H,16,19). The minimum atomic E-state index is -0.562. The lowest BCUT2D eigenvalue weighted by Crippen LogP contribution is -2.23. The van der Waals surface area contributed by atoms with Crippen LogP contribution in [0.25, 0.3) is 0 Å². The van der Waals surface area contributed by atoms with Crippen LogP contribution in [-0.4, -0.2) is 21.1 Å². The van der Waals surface area contributed by atoms with Gasteiger partial charge in [0.25, 0.3) is 11.2 Å². The zero-order valence-electron chi connectivity index (χ0n) is 12.9. The Kier molecular flexibility index (Phi) is 4.95. The average Bonchev–Trinajstić information content (AvgIpc) is 2.50. The highest BCUT2D eigenvalue weighted by atomic mass is 16.6. The average molecular weight is 319 g/mol. The molecule has 2 aromatic rings. The minimum Gasteiger partial charge on any atom is -0.488 e. The van der Waals surface area contributed by atoms with Crippen molar-refractivity contribution < 1.29 is 9.66 Å². The summed E-state index contributed by atoms with van der Waals surface area (Å²) in [4.78, 5) is 37.2. The van der Waals surface area contributed by atoms with E-state index in [0.717, 1.165) is 12.6 Å². The first-order chi connectivity index (χ1) is 10.9. The number of aromatic nitrogens is 2. The lowest BCUT2D eigenvalue weighted by Gasteiger charge is -2.08. The molecule has 0 unspecified atom stereocenters. The molecule has 0 aliphatic carbocycles. The Hall–Kier alpha value is -2.90. The summed E-state index contributed by atoms with van der Waals surface area (Å²) in [6, 6.07) is 2.55. The third-order valence-electron chi connectivity index (χ3n) is 3.20. The molecule has 0 amide bonds. The van der Waals surface area contributed by atoms with Crippen molar-refractivity contribution in [2.45, 2.75) is 26.8 Å². The summed E-state index contributed by atoms with van der Waals surface area (Å²) in [5.74, 6) is 0.207. The fraction of sp³-hybridized carbons (Fsp3) is 0.333. The number of H-pyrrole nitrogens is 1. The Morgan fingerprint density at radius 3 is 2.70 bits per heavy atom. The van der Waals surface area contributed by atoms with Crippen molar-refractivity contribution in [2.24, 2.45) is 0 Å². The van der Waals surface area contributed by atoms with Gasteiger partial charge in [0.05, 0.1) is 24.3 Å². The molecule has 0 aliphatic rings. The maximum Gasteiger partial charge on any atom is 0.286 e. The molecular weight excluding hydrogens is 302 g/mol. The van der Waals surface area contributed by atoms with Gasteiger partial charge in [-0.2, -0.15) is 0 Å². The highest BCUT2D eigenvalue weighted by molar-refractivity contribution is 5.30. The molecule has 0 saturated carbocycles. The fourth-order valence-corrected chi connectivity index (χ4v) is 2.08. The first-order valence-corrected chi connectivity index (χ1v) is 7.12. The minimum absolute atomic E-state index is 0.0324. The third-order valence-corrected chi connectivity index (χ3v) is 3.20. The van der Waals surface area contributed by atoms with Gasteiger partial charge in [0.1, 0.15) is 0 Å². The van der Waals surface area contributed by atoms with E-state index in [9.17, 15) is 19.7 Å². The largest absolute Gasteiger partial charge is 0.488 e. The molecule has 0 atom stereocenters. The van der Waals surface area contributed by atoms with Crippen LogP contribution in [-0.2, 0) is 6.54 Å². The molecule has 0 fully saturated rings. The number of nitrogens with one attached hydrogen (secondary N) is 1. The number of hydrogen-bond donors (Lipinski definition) is 1. The van der Waals surface area contributed by atoms with Gasteiger partial charge in [-0.15, -0.1) is 0 Å². The molecule has 23 heavy (non-hydrogen) atoms. The van der Waals surface area contributed by atoms with Gasteiger partial charge in [0.2, 0.25) is 5.43 Å². The number of nitrogens with zero attached hydrogens (tertiary/aromatic N) is 2. The molecule has 1 N–H and O–H groups in total. The van der Waals surface area contributed by atoms with E-state index in [1.165, 1.54) is 29.8 Å². The second-order valence-electron chi connectivity index (χ2n) is 5.11. The Morgan fingerprint density at radius 1 is 1.35 bits per heavy atom. The van der Waals surface area contributed by atoms with E-state index in [2.05, 4.69) is 4.98 Å². The second-order valence-corrected chi connectivity index (χ2v) is 5.11. The molecule has 8 heteroatoms. The zero-order valence-corrected chi connectivity index (χ0v) is 12.9. The van der Waals surface area contributed by atoms with Gasteiger partial charge >= 0.3 is 0 Å². The summed E-state index contributed by atoms with van der Waals surface area (Å²) in [5.41, 5.74) is -0.0946. The Bertz CT molecular complexity index is 838. The van der Waals surface area contributed by atoms with Crippen LogP contribution in [0.15, 0.2) is 34.1 Å². The van der Waals surface area contributed by atoms with Gasteiger partial charge in [0, 0.05) is 29.6 Å². The highest BCUT2D eigenvalue weighted by Gasteiger charge is 2.12. The first-order valence-electron chi connectivity index (χ1n) is 7.12. The van der Waals surface area contributed by atoms with E-state index in [1.807, 2.05) is 6.92 Å². The smallest absolute Gasteiger partial charge is 0.286 e. The van der Waals surface area contributed by atoms with Crippen molar-refractivity contribution in [1.29, 1.82) is 0 Å². The topological polar surface area (TPSA) is 107 Å². The van der Waals surface area contributed by atoms with E-state index < -0.39 is 4.92 Å². The molecule has 0 radical (unpaired) electrons. The van der Waals surface area contributed by atoms with Crippen LogP contribution in [0, 0.1) is 17.0 Å². The fourth-order valence-electron chi connectivity index (χ4n) is 2.08. The van der Waals surface area contributed by atoms with Gasteiger partial charge in [0.15, 0.2) is 5.75 Å². The van der Waals surface area contributed by atoms with Gasteiger partial charge in [-0.1, -0.05) is 6.92 Å². The van der Waals surface area contributed by atoms with Crippen LogP contribution in [0.1, 0.15) is 24.6 Å². The summed E-state index contributed by atoms with van der Waals surface area (Å²) in [6.07, 6.45) is 3.38. The van der Waals surface area contributed by atoms with Crippen molar-refractivity contribution in [3.8, 4) is 5.75 Å². The normalized spacial score (nSPS) is 10.5. The van der Waals surface area contributed by atoms with Gasteiger partial charge < -0.3 is 14.3 Å². The van der Waals surface area contributed by atoms with Crippen molar-refractivity contribution in [3.63, 3.8) is 0 Å². The summed E-state index contributed by atoms with van der Waals surface area (Å²) in [6.45, 7) is 3.91. The van der Waals surface area contributed by atoms with Gasteiger partial charge in [-0.3, -0.25) is 19.7 Å². The number of nitro groups is 1. The van der Waals surface area contributed by atoms with Crippen LogP contribution >= 0.6 is 0 Å². The SMILES string of the molecule is CCCOc1c[nH]c(Cn2cc([N+](=O)[O-])cc(C)c2=O)cc1=O. The van der Waals surface area contributed by atoms with Crippen LogP contribution in [0.3, 0.4) is 0 Å². The molecule has 0 saturated heterocycles. The molecule has 0 bridgehead atoms. The van der Waals surface area contributed by atoms with Crippen molar-refractivity contribution in [3.05, 3.63) is 66.5 Å². The van der Waals surface area contributed by atoms with E-state index >= 15 is 0 Å². The Morgan fingerprint density at radius 2 is 2.09 bits per heavy atom. The molecular formula is C15H17N3O5.